The van der Waals surface area contributed by atoms with Crippen molar-refractivity contribution in [3.8, 4) is 0 Å². The molecule has 0 aromatic heterocycles. The van der Waals surface area contributed by atoms with Gasteiger partial charge in [0.05, 0.1) is 23.5 Å². The van der Waals surface area contributed by atoms with Gasteiger partial charge in [-0.1, -0.05) is 12.1 Å². The van der Waals surface area contributed by atoms with Gasteiger partial charge in [0.2, 0.25) is 5.91 Å². The molecule has 1 aromatic carbocycles. The number of amides is 1. The molecule has 0 saturated carbocycles. The second kappa shape index (κ2) is 3.96. The Morgan fingerprint density at radius 1 is 1.18 bits per heavy atom. The number of Topliss-reactive ketones (excluding diaryl/α,β-unsaturated/α-hetero) is 1. The summed E-state index contributed by atoms with van der Waals surface area (Å²) in [4.78, 5) is 24.1. The number of hydrogen-bond donors (Lipinski definition) is 0. The van der Waals surface area contributed by atoms with Crippen LogP contribution in [0.5, 0.6) is 0 Å². The van der Waals surface area contributed by atoms with E-state index in [4.69, 9.17) is 0 Å². The van der Waals surface area contributed by atoms with E-state index in [0.29, 0.717) is 0 Å². The van der Waals surface area contributed by atoms with Crippen LogP contribution in [0.2, 0.25) is 0 Å². The molecule has 0 spiro atoms. The maximum Gasteiger partial charge on any atom is 0.234 e. The summed E-state index contributed by atoms with van der Waals surface area (Å²) in [5.41, 5.74) is 0.283. The van der Waals surface area contributed by atoms with Gasteiger partial charge in [-0.3, -0.25) is 9.59 Å². The Morgan fingerprint density at radius 2 is 1.82 bits per heavy atom. The van der Waals surface area contributed by atoms with Crippen LogP contribution in [0.3, 0.4) is 0 Å². The van der Waals surface area contributed by atoms with E-state index in [9.17, 15) is 18.0 Å². The van der Waals surface area contributed by atoms with Crippen LogP contribution in [-0.4, -0.2) is 32.9 Å². The SMILES string of the molecule is CS(=O)(=O)c1ccccc1N1CC(=O)CC1=O. The van der Waals surface area contributed by atoms with E-state index < -0.39 is 9.84 Å². The van der Waals surface area contributed by atoms with E-state index in [2.05, 4.69) is 0 Å². The van der Waals surface area contributed by atoms with Crippen molar-refractivity contribution in [2.75, 3.05) is 17.7 Å². The summed E-state index contributed by atoms with van der Waals surface area (Å²) in [7, 11) is -3.42. The summed E-state index contributed by atoms with van der Waals surface area (Å²) >= 11 is 0. The number of benzene rings is 1. The Kier molecular flexibility index (Phi) is 2.74. The zero-order chi connectivity index (χ0) is 12.6. The Hall–Kier alpha value is -1.69. The van der Waals surface area contributed by atoms with Crippen molar-refractivity contribution in [1.82, 2.24) is 0 Å². The second-order valence-electron chi connectivity index (χ2n) is 3.94. The average molecular weight is 253 g/mol. The molecule has 0 aliphatic carbocycles. The predicted molar refractivity (Wildman–Crippen MR) is 61.5 cm³/mol. The number of para-hydroxylation sites is 1. The molecule has 0 unspecified atom stereocenters. The minimum atomic E-state index is -3.42. The van der Waals surface area contributed by atoms with Gasteiger partial charge in [0.1, 0.15) is 0 Å². The van der Waals surface area contributed by atoms with Gasteiger partial charge in [0, 0.05) is 6.26 Å². The zero-order valence-electron chi connectivity index (χ0n) is 9.21. The largest absolute Gasteiger partial charge is 0.303 e. The Morgan fingerprint density at radius 3 is 2.35 bits per heavy atom. The molecule has 2 rings (SSSR count). The number of carbonyl (C=O) groups excluding carboxylic acids is 2. The first-order valence-corrected chi connectivity index (χ1v) is 6.90. The van der Waals surface area contributed by atoms with Gasteiger partial charge >= 0.3 is 0 Å². The van der Waals surface area contributed by atoms with Gasteiger partial charge in [0.15, 0.2) is 15.6 Å². The molecule has 1 aromatic rings. The van der Waals surface area contributed by atoms with Gasteiger partial charge in [-0.2, -0.15) is 0 Å². The molecule has 0 N–H and O–H groups in total. The van der Waals surface area contributed by atoms with Crippen LogP contribution in [0, 0.1) is 0 Å². The van der Waals surface area contributed by atoms with E-state index >= 15 is 0 Å². The average Bonchev–Trinajstić information content (AvgIpc) is 2.56. The number of anilines is 1. The number of rotatable bonds is 2. The van der Waals surface area contributed by atoms with Crippen molar-refractivity contribution >= 4 is 27.2 Å². The van der Waals surface area contributed by atoms with Crippen LogP contribution >= 0.6 is 0 Å². The summed E-state index contributed by atoms with van der Waals surface area (Å²) in [6.45, 7) is -0.0502. The summed E-state index contributed by atoms with van der Waals surface area (Å²) in [5, 5.41) is 0. The summed E-state index contributed by atoms with van der Waals surface area (Å²) in [6, 6.07) is 6.19. The number of ketones is 1. The highest BCUT2D eigenvalue weighted by atomic mass is 32.2. The fourth-order valence-corrected chi connectivity index (χ4v) is 2.68. The summed E-state index contributed by atoms with van der Waals surface area (Å²) in [5.74, 6) is -0.551. The summed E-state index contributed by atoms with van der Waals surface area (Å²) in [6.07, 6.45) is 0.923. The Labute approximate surface area is 99.0 Å². The van der Waals surface area contributed by atoms with Gasteiger partial charge in [-0.05, 0) is 12.1 Å². The fourth-order valence-electron chi connectivity index (χ4n) is 1.80. The van der Waals surface area contributed by atoms with E-state index in [1.165, 1.54) is 17.0 Å². The van der Waals surface area contributed by atoms with Gasteiger partial charge < -0.3 is 4.90 Å². The second-order valence-corrected chi connectivity index (χ2v) is 5.92. The van der Waals surface area contributed by atoms with Gasteiger partial charge in [-0.15, -0.1) is 0 Å². The van der Waals surface area contributed by atoms with Crippen molar-refractivity contribution in [2.24, 2.45) is 0 Å². The normalized spacial score (nSPS) is 16.6. The van der Waals surface area contributed by atoms with E-state index in [1.807, 2.05) is 0 Å². The number of sulfone groups is 1. The first-order valence-electron chi connectivity index (χ1n) is 5.01. The van der Waals surface area contributed by atoms with Gasteiger partial charge in [-0.25, -0.2) is 8.42 Å². The molecule has 90 valence electrons. The molecule has 1 aliphatic rings. The van der Waals surface area contributed by atoms with Crippen molar-refractivity contribution in [3.05, 3.63) is 24.3 Å². The zero-order valence-corrected chi connectivity index (χ0v) is 10.0. The highest BCUT2D eigenvalue weighted by Crippen LogP contribution is 2.27. The lowest BCUT2D eigenvalue weighted by atomic mass is 10.3. The molecule has 1 heterocycles. The van der Waals surface area contributed by atoms with Crippen LogP contribution < -0.4 is 4.90 Å². The van der Waals surface area contributed by atoms with Crippen molar-refractivity contribution in [1.29, 1.82) is 0 Å². The standard InChI is InChI=1S/C11H11NO4S/c1-17(15,16)10-5-3-2-4-9(10)12-7-8(13)6-11(12)14/h2-5H,6-7H2,1H3. The summed E-state index contributed by atoms with van der Waals surface area (Å²) < 4.78 is 23.2. The number of hydrogen-bond acceptors (Lipinski definition) is 4. The third kappa shape index (κ3) is 2.21. The van der Waals surface area contributed by atoms with Crippen LogP contribution in [-0.2, 0) is 19.4 Å². The molecule has 0 bridgehead atoms. The highest BCUT2D eigenvalue weighted by Gasteiger charge is 2.31. The minimum Gasteiger partial charge on any atom is -0.303 e. The van der Waals surface area contributed by atoms with E-state index in [-0.39, 0.29) is 35.2 Å². The molecule has 0 atom stereocenters. The topological polar surface area (TPSA) is 71.5 Å². The minimum absolute atomic E-state index is 0.0502. The molecule has 1 amide bonds. The van der Waals surface area contributed by atoms with Crippen molar-refractivity contribution < 1.29 is 18.0 Å². The Bertz CT molecular complexity index is 591. The smallest absolute Gasteiger partial charge is 0.234 e. The predicted octanol–water partition coefficient (Wildman–Crippen LogP) is 0.396. The monoisotopic (exact) mass is 253 g/mol. The molecule has 1 fully saturated rings. The third-order valence-corrected chi connectivity index (χ3v) is 3.68. The highest BCUT2D eigenvalue weighted by molar-refractivity contribution is 7.90. The van der Waals surface area contributed by atoms with Gasteiger partial charge in [0.25, 0.3) is 0 Å². The van der Waals surface area contributed by atoms with Crippen LogP contribution in [0.25, 0.3) is 0 Å². The number of nitrogens with zero attached hydrogens (tertiary/aromatic N) is 1. The fraction of sp³-hybridized carbons (Fsp3) is 0.273. The lowest BCUT2D eigenvalue weighted by molar-refractivity contribution is -0.121. The molecule has 5 nitrogen and oxygen atoms in total. The van der Waals surface area contributed by atoms with Crippen LogP contribution in [0.4, 0.5) is 5.69 Å². The molecule has 0 radical (unpaired) electrons. The molecule has 1 saturated heterocycles. The third-order valence-electron chi connectivity index (χ3n) is 2.54. The van der Waals surface area contributed by atoms with Crippen LogP contribution in [0.15, 0.2) is 29.2 Å². The van der Waals surface area contributed by atoms with Crippen molar-refractivity contribution in [2.45, 2.75) is 11.3 Å². The molecule has 17 heavy (non-hydrogen) atoms. The molecular weight excluding hydrogens is 242 g/mol. The lowest BCUT2D eigenvalue weighted by Crippen LogP contribution is -2.26. The number of carbonyl (C=O) groups is 2. The molecule has 6 heteroatoms. The molecular formula is C11H11NO4S. The van der Waals surface area contributed by atoms with E-state index in [1.54, 1.807) is 12.1 Å². The first kappa shape index (κ1) is 11.8. The maximum atomic E-state index is 11.6. The maximum absolute atomic E-state index is 11.6. The molecule has 1 aliphatic heterocycles. The Balaban J connectivity index is 2.54. The van der Waals surface area contributed by atoms with Crippen LogP contribution in [0.1, 0.15) is 6.42 Å². The van der Waals surface area contributed by atoms with Crippen molar-refractivity contribution in [3.63, 3.8) is 0 Å². The first-order chi connectivity index (χ1) is 7.89. The quantitative estimate of drug-likeness (QED) is 0.715. The van der Waals surface area contributed by atoms with E-state index in [0.717, 1.165) is 6.26 Å². The lowest BCUT2D eigenvalue weighted by Gasteiger charge is -2.17.